The standard InChI is InChI=1S/C21H23N3O3.C8H6O/c1-14(15-8-4-3-5-9-15)23-19(25)21(2,24-20(26)27)12-16-13-22-18-11-7-6-10-17(16)18;1-2-4-8-7(3-1)5-6-9-8/h3-11,13-14,22,24H,12H2,1-2H3,(H,23,25)(H,26,27);1-6H. The maximum absolute atomic E-state index is 13.0. The first-order valence-corrected chi connectivity index (χ1v) is 11.7. The van der Waals surface area contributed by atoms with Crippen LogP contribution in [0.4, 0.5) is 4.79 Å². The number of aromatic amines is 1. The molecule has 2 heterocycles. The summed E-state index contributed by atoms with van der Waals surface area (Å²) in [7, 11) is 0. The Morgan fingerprint density at radius 1 is 0.972 bits per heavy atom. The van der Waals surface area contributed by atoms with E-state index in [9.17, 15) is 14.7 Å². The Bertz CT molecular complexity index is 1430. The van der Waals surface area contributed by atoms with E-state index in [1.807, 2.05) is 98.0 Å². The molecule has 0 aliphatic carbocycles. The smallest absolute Gasteiger partial charge is 0.405 e. The topological polar surface area (TPSA) is 107 Å². The average Bonchev–Trinajstić information content (AvgIpc) is 3.52. The van der Waals surface area contributed by atoms with Crippen molar-refractivity contribution < 1.29 is 19.1 Å². The molecule has 184 valence electrons. The molecule has 0 saturated heterocycles. The fourth-order valence-electron chi connectivity index (χ4n) is 4.16. The number of nitrogens with one attached hydrogen (secondary N) is 3. The van der Waals surface area contributed by atoms with Crippen molar-refractivity contribution in [2.45, 2.75) is 31.8 Å². The normalized spacial score (nSPS) is 13.3. The van der Waals surface area contributed by atoms with E-state index >= 15 is 0 Å². The van der Waals surface area contributed by atoms with Crippen LogP contribution in [0.1, 0.15) is 31.0 Å². The van der Waals surface area contributed by atoms with E-state index in [0.29, 0.717) is 0 Å². The second-order valence-electron chi connectivity index (χ2n) is 8.86. The molecule has 0 aliphatic rings. The highest BCUT2D eigenvalue weighted by Crippen LogP contribution is 2.24. The minimum atomic E-state index is -1.31. The summed E-state index contributed by atoms with van der Waals surface area (Å²) in [6.07, 6.45) is 2.52. The van der Waals surface area contributed by atoms with Crippen LogP contribution in [-0.2, 0) is 11.2 Å². The van der Waals surface area contributed by atoms with E-state index in [1.54, 1.807) is 13.2 Å². The van der Waals surface area contributed by atoms with Gasteiger partial charge in [-0.3, -0.25) is 4.79 Å². The van der Waals surface area contributed by atoms with Gasteiger partial charge in [-0.1, -0.05) is 66.7 Å². The highest BCUT2D eigenvalue weighted by Gasteiger charge is 2.36. The van der Waals surface area contributed by atoms with Crippen LogP contribution in [0.5, 0.6) is 0 Å². The summed E-state index contributed by atoms with van der Waals surface area (Å²) in [6, 6.07) is 26.9. The molecule has 36 heavy (non-hydrogen) atoms. The molecule has 4 N–H and O–H groups in total. The molecule has 0 saturated carbocycles. The van der Waals surface area contributed by atoms with Gasteiger partial charge in [0.2, 0.25) is 5.91 Å². The lowest BCUT2D eigenvalue weighted by Gasteiger charge is -2.30. The minimum absolute atomic E-state index is 0.233. The largest absolute Gasteiger partial charge is 0.465 e. The Labute approximate surface area is 209 Å². The molecule has 0 radical (unpaired) electrons. The molecule has 2 atom stereocenters. The monoisotopic (exact) mass is 483 g/mol. The average molecular weight is 484 g/mol. The lowest BCUT2D eigenvalue weighted by molar-refractivity contribution is -0.127. The molecule has 0 fully saturated rings. The third-order valence-corrected chi connectivity index (χ3v) is 6.11. The van der Waals surface area contributed by atoms with Crippen molar-refractivity contribution in [3.63, 3.8) is 0 Å². The number of fused-ring (bicyclic) bond motifs is 2. The van der Waals surface area contributed by atoms with Gasteiger partial charge in [0.15, 0.2) is 0 Å². The maximum Gasteiger partial charge on any atom is 0.405 e. The van der Waals surface area contributed by atoms with Gasteiger partial charge in [-0.2, -0.15) is 0 Å². The van der Waals surface area contributed by atoms with Crippen LogP contribution in [0.15, 0.2) is 102 Å². The van der Waals surface area contributed by atoms with Gasteiger partial charge in [-0.25, -0.2) is 4.79 Å². The minimum Gasteiger partial charge on any atom is -0.465 e. The molecule has 7 nitrogen and oxygen atoms in total. The fraction of sp³-hybridized carbons (Fsp3) is 0.172. The number of carboxylic acid groups (broad SMARTS) is 1. The molecule has 3 aromatic carbocycles. The molecule has 0 aliphatic heterocycles. The number of H-pyrrole nitrogens is 1. The molecule has 0 spiro atoms. The number of aromatic nitrogens is 1. The number of carbonyl (C=O) groups is 2. The van der Waals surface area contributed by atoms with Gasteiger partial charge in [0, 0.05) is 28.9 Å². The van der Waals surface area contributed by atoms with Crippen molar-refractivity contribution in [2.24, 2.45) is 0 Å². The lowest BCUT2D eigenvalue weighted by Crippen LogP contribution is -2.58. The van der Waals surface area contributed by atoms with Gasteiger partial charge in [0.25, 0.3) is 0 Å². The molecule has 2 aromatic heterocycles. The fourth-order valence-corrected chi connectivity index (χ4v) is 4.16. The zero-order chi connectivity index (χ0) is 25.5. The Balaban J connectivity index is 0.000000280. The van der Waals surface area contributed by atoms with Gasteiger partial charge in [0.05, 0.1) is 12.3 Å². The summed E-state index contributed by atoms with van der Waals surface area (Å²) >= 11 is 0. The van der Waals surface area contributed by atoms with Crippen molar-refractivity contribution in [3.05, 3.63) is 109 Å². The van der Waals surface area contributed by atoms with Crippen LogP contribution in [-0.4, -0.2) is 27.6 Å². The van der Waals surface area contributed by atoms with Gasteiger partial charge >= 0.3 is 6.09 Å². The Morgan fingerprint density at radius 3 is 2.42 bits per heavy atom. The number of hydrogen-bond acceptors (Lipinski definition) is 3. The van der Waals surface area contributed by atoms with Crippen molar-refractivity contribution in [1.82, 2.24) is 15.6 Å². The van der Waals surface area contributed by atoms with Crippen molar-refractivity contribution in [1.29, 1.82) is 0 Å². The molecule has 0 bridgehead atoms. The van der Waals surface area contributed by atoms with E-state index in [0.717, 1.165) is 33.0 Å². The zero-order valence-electron chi connectivity index (χ0n) is 20.2. The van der Waals surface area contributed by atoms with Gasteiger partial charge in [0.1, 0.15) is 11.1 Å². The molecule has 2 amide bonds. The SMILES string of the molecule is CC(NC(=O)C(C)(Cc1c[nH]c2ccccc12)NC(=O)O)c1ccccc1.c1ccc2occc2c1. The van der Waals surface area contributed by atoms with Crippen LogP contribution < -0.4 is 10.6 Å². The molecule has 2 unspecified atom stereocenters. The van der Waals surface area contributed by atoms with E-state index in [2.05, 4.69) is 15.6 Å². The zero-order valence-corrected chi connectivity index (χ0v) is 20.2. The second-order valence-corrected chi connectivity index (χ2v) is 8.86. The second kappa shape index (κ2) is 10.8. The van der Waals surface area contributed by atoms with Crippen molar-refractivity contribution in [3.8, 4) is 0 Å². The number of hydrogen-bond donors (Lipinski definition) is 4. The summed E-state index contributed by atoms with van der Waals surface area (Å²) in [5.74, 6) is -0.369. The Morgan fingerprint density at radius 2 is 1.67 bits per heavy atom. The number of benzene rings is 3. The van der Waals surface area contributed by atoms with Crippen LogP contribution >= 0.6 is 0 Å². The number of rotatable bonds is 6. The van der Waals surface area contributed by atoms with E-state index in [1.165, 1.54) is 0 Å². The van der Waals surface area contributed by atoms with E-state index < -0.39 is 11.6 Å². The summed E-state index contributed by atoms with van der Waals surface area (Å²) in [5, 5.41) is 16.8. The Hall–Kier alpha value is -4.52. The summed E-state index contributed by atoms with van der Waals surface area (Å²) < 4.78 is 5.12. The van der Waals surface area contributed by atoms with E-state index in [4.69, 9.17) is 4.42 Å². The first-order chi connectivity index (χ1) is 17.4. The van der Waals surface area contributed by atoms with Gasteiger partial charge in [-0.05, 0) is 43.2 Å². The summed E-state index contributed by atoms with van der Waals surface area (Å²) in [5.41, 5.74) is 2.43. The van der Waals surface area contributed by atoms with Gasteiger partial charge in [-0.15, -0.1) is 0 Å². The third-order valence-electron chi connectivity index (χ3n) is 6.11. The predicted molar refractivity (Wildman–Crippen MR) is 141 cm³/mol. The Kier molecular flexibility index (Phi) is 7.39. The summed E-state index contributed by atoms with van der Waals surface area (Å²) in [6.45, 7) is 3.48. The molecule has 7 heteroatoms. The first kappa shape index (κ1) is 24.6. The number of carbonyl (C=O) groups excluding carboxylic acids is 1. The van der Waals surface area contributed by atoms with Crippen molar-refractivity contribution >= 4 is 33.9 Å². The quantitative estimate of drug-likeness (QED) is 0.236. The number of para-hydroxylation sites is 2. The number of furan rings is 1. The van der Waals surface area contributed by atoms with Crippen LogP contribution in [0.2, 0.25) is 0 Å². The van der Waals surface area contributed by atoms with Crippen LogP contribution in [0.3, 0.4) is 0 Å². The predicted octanol–water partition coefficient (Wildman–Crippen LogP) is 6.05. The molecular weight excluding hydrogens is 454 g/mol. The first-order valence-electron chi connectivity index (χ1n) is 11.7. The highest BCUT2D eigenvalue weighted by atomic mass is 16.4. The van der Waals surface area contributed by atoms with Gasteiger partial charge < -0.3 is 25.1 Å². The molecule has 5 rings (SSSR count). The van der Waals surface area contributed by atoms with Crippen LogP contribution in [0.25, 0.3) is 21.9 Å². The highest BCUT2D eigenvalue weighted by molar-refractivity contribution is 5.91. The maximum atomic E-state index is 13.0. The van der Waals surface area contributed by atoms with E-state index in [-0.39, 0.29) is 18.4 Å². The molecular formula is C29H29N3O4. The molecule has 5 aromatic rings. The summed E-state index contributed by atoms with van der Waals surface area (Å²) in [4.78, 5) is 27.5. The lowest BCUT2D eigenvalue weighted by atomic mass is 9.91. The van der Waals surface area contributed by atoms with Crippen LogP contribution in [0, 0.1) is 0 Å². The van der Waals surface area contributed by atoms with Crippen molar-refractivity contribution in [2.75, 3.05) is 0 Å². The third kappa shape index (κ3) is 5.75. The number of amides is 2.